The standard InChI is InChI=1S/C19H21NO3/c1-11-5-7-15-13(9-11)14-10-12(6-8-16(14)20-15)19(22)23-18-4-2-3-17(18)21/h6,8,10-11,18,20H,2-5,7,9H2,1H3/t11-,18-/m0/s1. The normalized spacial score (nSPS) is 24.0. The largest absolute Gasteiger partial charge is 0.451 e. The van der Waals surface area contributed by atoms with Crippen LogP contribution in [0.25, 0.3) is 10.9 Å². The summed E-state index contributed by atoms with van der Waals surface area (Å²) in [6.07, 6.45) is 4.79. The van der Waals surface area contributed by atoms with Gasteiger partial charge in [-0.1, -0.05) is 6.92 Å². The summed E-state index contributed by atoms with van der Waals surface area (Å²) in [4.78, 5) is 27.5. The zero-order valence-electron chi connectivity index (χ0n) is 13.4. The van der Waals surface area contributed by atoms with E-state index in [4.69, 9.17) is 4.74 Å². The Morgan fingerprint density at radius 1 is 1.26 bits per heavy atom. The Balaban J connectivity index is 1.64. The quantitative estimate of drug-likeness (QED) is 0.863. The summed E-state index contributed by atoms with van der Waals surface area (Å²) in [5.74, 6) is 0.339. The molecule has 1 aromatic heterocycles. The summed E-state index contributed by atoms with van der Waals surface area (Å²) in [5, 5.41) is 1.12. The third-order valence-corrected chi connectivity index (χ3v) is 5.17. The number of Topliss-reactive ketones (excluding diaryl/α,β-unsaturated/α-hetero) is 1. The molecule has 4 nitrogen and oxygen atoms in total. The second kappa shape index (κ2) is 5.52. The predicted molar refractivity (Wildman–Crippen MR) is 87.5 cm³/mol. The molecular weight excluding hydrogens is 290 g/mol. The van der Waals surface area contributed by atoms with E-state index < -0.39 is 6.10 Å². The van der Waals surface area contributed by atoms with Gasteiger partial charge in [-0.05, 0) is 61.8 Å². The Morgan fingerprint density at radius 3 is 2.91 bits per heavy atom. The van der Waals surface area contributed by atoms with E-state index in [-0.39, 0.29) is 11.8 Å². The van der Waals surface area contributed by atoms with Gasteiger partial charge in [0.05, 0.1) is 5.56 Å². The molecule has 23 heavy (non-hydrogen) atoms. The van der Waals surface area contributed by atoms with Gasteiger partial charge in [-0.3, -0.25) is 4.79 Å². The lowest BCUT2D eigenvalue weighted by molar-refractivity contribution is -0.124. The van der Waals surface area contributed by atoms with Crippen molar-refractivity contribution >= 4 is 22.7 Å². The number of aromatic amines is 1. The van der Waals surface area contributed by atoms with Crippen LogP contribution in [0.2, 0.25) is 0 Å². The zero-order chi connectivity index (χ0) is 16.0. The molecule has 0 amide bonds. The second-order valence-corrected chi connectivity index (χ2v) is 6.94. The minimum absolute atomic E-state index is 0.0484. The Hall–Kier alpha value is -2.10. The fourth-order valence-electron chi connectivity index (χ4n) is 3.82. The van der Waals surface area contributed by atoms with Gasteiger partial charge in [-0.2, -0.15) is 0 Å². The van der Waals surface area contributed by atoms with Crippen LogP contribution in [0.1, 0.15) is 54.2 Å². The molecule has 0 unspecified atom stereocenters. The Labute approximate surface area is 135 Å². The Morgan fingerprint density at radius 2 is 2.13 bits per heavy atom. The van der Waals surface area contributed by atoms with E-state index in [9.17, 15) is 9.59 Å². The minimum Gasteiger partial charge on any atom is -0.451 e. The topological polar surface area (TPSA) is 59.2 Å². The number of nitrogens with one attached hydrogen (secondary N) is 1. The number of aromatic nitrogens is 1. The molecule has 2 aliphatic carbocycles. The van der Waals surface area contributed by atoms with Gasteiger partial charge in [-0.15, -0.1) is 0 Å². The number of rotatable bonds is 2. The maximum atomic E-state index is 12.4. The highest BCUT2D eigenvalue weighted by atomic mass is 16.5. The molecule has 0 saturated heterocycles. The smallest absolute Gasteiger partial charge is 0.338 e. The summed E-state index contributed by atoms with van der Waals surface area (Å²) >= 11 is 0. The monoisotopic (exact) mass is 311 g/mol. The number of carbonyl (C=O) groups is 2. The first-order chi connectivity index (χ1) is 11.1. The summed E-state index contributed by atoms with van der Waals surface area (Å²) in [6, 6.07) is 5.66. The molecule has 0 radical (unpaired) electrons. The van der Waals surface area contributed by atoms with Crippen LogP contribution in [0.15, 0.2) is 18.2 Å². The van der Waals surface area contributed by atoms with Crippen LogP contribution in [-0.2, 0) is 22.4 Å². The van der Waals surface area contributed by atoms with Crippen LogP contribution >= 0.6 is 0 Å². The lowest BCUT2D eigenvalue weighted by Gasteiger charge is -2.18. The van der Waals surface area contributed by atoms with Gasteiger partial charge in [0.25, 0.3) is 0 Å². The van der Waals surface area contributed by atoms with Gasteiger partial charge < -0.3 is 9.72 Å². The molecule has 1 saturated carbocycles. The van der Waals surface area contributed by atoms with Crippen molar-refractivity contribution in [2.24, 2.45) is 5.92 Å². The van der Waals surface area contributed by atoms with Crippen molar-refractivity contribution in [3.05, 3.63) is 35.0 Å². The lowest BCUT2D eigenvalue weighted by atomic mass is 9.87. The molecular formula is C19H21NO3. The van der Waals surface area contributed by atoms with E-state index in [2.05, 4.69) is 11.9 Å². The first-order valence-corrected chi connectivity index (χ1v) is 8.49. The lowest BCUT2D eigenvalue weighted by Crippen LogP contribution is -2.21. The molecule has 4 heteroatoms. The van der Waals surface area contributed by atoms with Crippen LogP contribution in [0, 0.1) is 5.92 Å². The van der Waals surface area contributed by atoms with E-state index >= 15 is 0 Å². The van der Waals surface area contributed by atoms with Gasteiger partial charge >= 0.3 is 5.97 Å². The van der Waals surface area contributed by atoms with Crippen molar-refractivity contribution in [2.45, 2.75) is 51.6 Å². The number of esters is 1. The van der Waals surface area contributed by atoms with Gasteiger partial charge in [0, 0.05) is 23.0 Å². The van der Waals surface area contributed by atoms with Crippen molar-refractivity contribution in [3.63, 3.8) is 0 Å². The van der Waals surface area contributed by atoms with Crippen molar-refractivity contribution in [2.75, 3.05) is 0 Å². The number of aryl methyl sites for hydroxylation is 1. The summed E-state index contributed by atoms with van der Waals surface area (Å²) < 4.78 is 5.40. The number of hydrogen-bond acceptors (Lipinski definition) is 3. The fraction of sp³-hybridized carbons (Fsp3) is 0.474. The summed E-state index contributed by atoms with van der Waals surface area (Å²) in [7, 11) is 0. The number of hydrogen-bond donors (Lipinski definition) is 1. The Kier molecular flexibility index (Phi) is 3.47. The molecule has 0 aliphatic heterocycles. The highest BCUT2D eigenvalue weighted by molar-refractivity contribution is 5.98. The molecule has 1 heterocycles. The number of fused-ring (bicyclic) bond motifs is 3. The average molecular weight is 311 g/mol. The zero-order valence-corrected chi connectivity index (χ0v) is 13.4. The molecule has 0 spiro atoms. The highest BCUT2D eigenvalue weighted by Crippen LogP contribution is 2.32. The van der Waals surface area contributed by atoms with Gasteiger partial charge in [0.1, 0.15) is 0 Å². The van der Waals surface area contributed by atoms with Crippen molar-refractivity contribution in [3.8, 4) is 0 Å². The number of carbonyl (C=O) groups excluding carboxylic acids is 2. The van der Waals surface area contributed by atoms with Gasteiger partial charge in [-0.25, -0.2) is 4.79 Å². The number of ketones is 1. The van der Waals surface area contributed by atoms with Crippen molar-refractivity contribution in [1.82, 2.24) is 4.98 Å². The van der Waals surface area contributed by atoms with Crippen molar-refractivity contribution < 1.29 is 14.3 Å². The van der Waals surface area contributed by atoms with Crippen LogP contribution < -0.4 is 0 Å². The van der Waals surface area contributed by atoms with E-state index in [1.165, 1.54) is 17.7 Å². The molecule has 120 valence electrons. The third kappa shape index (κ3) is 2.56. The van der Waals surface area contributed by atoms with Crippen LogP contribution in [0.5, 0.6) is 0 Å². The van der Waals surface area contributed by atoms with E-state index in [0.717, 1.165) is 30.2 Å². The minimum atomic E-state index is -0.543. The SMILES string of the molecule is C[C@H]1CCc2[nH]c3ccc(C(=O)O[C@H]4CCCC4=O)cc3c2C1. The van der Waals surface area contributed by atoms with Crippen LogP contribution in [-0.4, -0.2) is 22.8 Å². The maximum Gasteiger partial charge on any atom is 0.338 e. The molecule has 1 fully saturated rings. The van der Waals surface area contributed by atoms with E-state index in [1.54, 1.807) is 6.07 Å². The number of benzene rings is 1. The van der Waals surface area contributed by atoms with E-state index in [0.29, 0.717) is 24.3 Å². The van der Waals surface area contributed by atoms with Gasteiger partial charge in [0.15, 0.2) is 11.9 Å². The first-order valence-electron chi connectivity index (χ1n) is 8.49. The maximum absolute atomic E-state index is 12.4. The fourth-order valence-corrected chi connectivity index (χ4v) is 3.82. The molecule has 4 rings (SSSR count). The highest BCUT2D eigenvalue weighted by Gasteiger charge is 2.28. The predicted octanol–water partition coefficient (Wildman–Crippen LogP) is 3.57. The average Bonchev–Trinajstić information content (AvgIpc) is 3.10. The van der Waals surface area contributed by atoms with Crippen molar-refractivity contribution in [1.29, 1.82) is 0 Å². The number of ether oxygens (including phenoxy) is 1. The molecule has 1 N–H and O–H groups in total. The van der Waals surface area contributed by atoms with Crippen LogP contribution in [0.3, 0.4) is 0 Å². The molecule has 2 aliphatic rings. The molecule has 2 atom stereocenters. The molecule has 2 aromatic rings. The third-order valence-electron chi connectivity index (χ3n) is 5.17. The second-order valence-electron chi connectivity index (χ2n) is 6.94. The van der Waals surface area contributed by atoms with Crippen LogP contribution in [0.4, 0.5) is 0 Å². The molecule has 1 aromatic carbocycles. The van der Waals surface area contributed by atoms with Gasteiger partial charge in [0.2, 0.25) is 0 Å². The molecule has 0 bridgehead atoms. The first kappa shape index (κ1) is 14.5. The Bertz CT molecular complexity index is 789. The summed E-state index contributed by atoms with van der Waals surface area (Å²) in [5.41, 5.74) is 4.26. The van der Waals surface area contributed by atoms with E-state index in [1.807, 2.05) is 12.1 Å². The number of H-pyrrole nitrogens is 1. The summed E-state index contributed by atoms with van der Waals surface area (Å²) in [6.45, 7) is 2.27.